The Balaban J connectivity index is 3.01. The van der Waals surface area contributed by atoms with Gasteiger partial charge in [0.15, 0.2) is 11.5 Å². The third-order valence-corrected chi connectivity index (χ3v) is 1.80. The Morgan fingerprint density at radius 2 is 2.36 bits per heavy atom. The molecule has 0 aliphatic heterocycles. The maximum absolute atomic E-state index is 11.0. The van der Waals surface area contributed by atoms with Gasteiger partial charge in [0.1, 0.15) is 5.41 Å². The van der Waals surface area contributed by atoms with E-state index in [0.717, 1.165) is 0 Å². The number of hydrogen-bond donors (Lipinski definition) is 0. The minimum Gasteiger partial charge on any atom is -0.464 e. The van der Waals surface area contributed by atoms with Gasteiger partial charge in [0.05, 0.1) is 13.2 Å². The van der Waals surface area contributed by atoms with Gasteiger partial charge in [0.25, 0.3) is 0 Å². The number of nitrogens with zero attached hydrogens (tertiary/aromatic N) is 2. The number of hydrogen-bond acceptors (Lipinski definition) is 5. The Morgan fingerprint density at radius 3 is 2.86 bits per heavy atom. The fraction of sp³-hybridized carbons (Fsp3) is 0.444. The fourth-order valence-electron chi connectivity index (χ4n) is 0.826. The molecule has 1 rings (SSSR count). The summed E-state index contributed by atoms with van der Waals surface area (Å²) in [6.07, 6.45) is 0. The van der Waals surface area contributed by atoms with Crippen LogP contribution in [0.3, 0.4) is 0 Å². The van der Waals surface area contributed by atoms with Crippen LogP contribution in [0.2, 0.25) is 0 Å². The maximum atomic E-state index is 11.0. The highest BCUT2D eigenvalue weighted by atomic mass is 16.5. The lowest BCUT2D eigenvalue weighted by Gasteiger charge is -2.08. The van der Waals surface area contributed by atoms with Crippen molar-refractivity contribution in [2.45, 2.75) is 19.3 Å². The van der Waals surface area contributed by atoms with E-state index in [2.05, 4.69) is 9.89 Å². The molecule has 0 amide bonds. The van der Waals surface area contributed by atoms with Crippen molar-refractivity contribution in [2.75, 3.05) is 7.11 Å². The molecule has 5 nitrogen and oxygen atoms in total. The van der Waals surface area contributed by atoms with Crippen molar-refractivity contribution in [3.63, 3.8) is 0 Å². The first-order valence-corrected chi connectivity index (χ1v) is 3.98. The van der Waals surface area contributed by atoms with Gasteiger partial charge in [-0.3, -0.25) is 0 Å². The van der Waals surface area contributed by atoms with Gasteiger partial charge in [-0.1, -0.05) is 5.16 Å². The molecule has 0 aromatic carbocycles. The van der Waals surface area contributed by atoms with Gasteiger partial charge in [-0.2, -0.15) is 5.26 Å². The average Bonchev–Trinajstić information content (AvgIpc) is 2.66. The number of aromatic nitrogens is 1. The molecule has 0 atom stereocenters. The van der Waals surface area contributed by atoms with Crippen LogP contribution in [-0.4, -0.2) is 18.2 Å². The zero-order chi connectivity index (χ0) is 10.8. The Morgan fingerprint density at radius 1 is 1.71 bits per heavy atom. The molecule has 1 aromatic heterocycles. The van der Waals surface area contributed by atoms with Gasteiger partial charge >= 0.3 is 5.97 Å². The predicted molar refractivity (Wildman–Crippen MR) is 46.5 cm³/mol. The van der Waals surface area contributed by atoms with Crippen LogP contribution in [0.1, 0.15) is 30.1 Å². The Labute approximate surface area is 81.3 Å². The van der Waals surface area contributed by atoms with Crippen LogP contribution in [-0.2, 0) is 10.2 Å². The zero-order valence-electron chi connectivity index (χ0n) is 8.20. The highest BCUT2D eigenvalue weighted by molar-refractivity contribution is 5.87. The van der Waals surface area contributed by atoms with Crippen molar-refractivity contribution >= 4 is 5.97 Å². The summed E-state index contributed by atoms with van der Waals surface area (Å²) in [4.78, 5) is 11.0. The van der Waals surface area contributed by atoms with Crippen LogP contribution in [0, 0.1) is 11.3 Å². The number of rotatable bonds is 2. The summed E-state index contributed by atoms with van der Waals surface area (Å²) in [6.45, 7) is 3.35. The molecule has 1 aromatic rings. The Bertz CT molecular complexity index is 387. The van der Waals surface area contributed by atoms with Crippen LogP contribution in [0.5, 0.6) is 0 Å². The number of carbonyl (C=O) groups is 1. The van der Waals surface area contributed by atoms with Gasteiger partial charge in [-0.05, 0) is 13.8 Å². The van der Waals surface area contributed by atoms with E-state index in [9.17, 15) is 4.79 Å². The topological polar surface area (TPSA) is 76.1 Å². The molecule has 0 bridgehead atoms. The first-order valence-electron chi connectivity index (χ1n) is 3.98. The molecular weight excluding hydrogens is 184 g/mol. The number of nitriles is 1. The molecule has 0 radical (unpaired) electrons. The van der Waals surface area contributed by atoms with E-state index in [0.29, 0.717) is 5.76 Å². The zero-order valence-corrected chi connectivity index (χ0v) is 8.20. The van der Waals surface area contributed by atoms with Crippen LogP contribution in [0.25, 0.3) is 0 Å². The molecule has 74 valence electrons. The number of methoxy groups -OCH3 is 1. The summed E-state index contributed by atoms with van der Waals surface area (Å²) in [5.41, 5.74) is -0.718. The quantitative estimate of drug-likeness (QED) is 0.662. The number of esters is 1. The fourth-order valence-corrected chi connectivity index (χ4v) is 0.826. The second-order valence-corrected chi connectivity index (χ2v) is 3.30. The SMILES string of the molecule is COC(=O)c1cc(C(C)(C)C#N)on1. The molecule has 0 aliphatic rings. The molecular formula is C9H10N2O3. The molecule has 5 heteroatoms. The summed E-state index contributed by atoms with van der Waals surface area (Å²) in [6, 6.07) is 3.45. The third kappa shape index (κ3) is 1.74. The predicted octanol–water partition coefficient (Wildman–Crippen LogP) is 1.26. The standard InChI is InChI=1S/C9H10N2O3/c1-9(2,5-10)7-4-6(11-14-7)8(12)13-3/h4H,1-3H3. The number of carbonyl (C=O) groups excluding carboxylic acids is 1. The largest absolute Gasteiger partial charge is 0.464 e. The van der Waals surface area contributed by atoms with Crippen LogP contribution in [0.15, 0.2) is 10.6 Å². The molecule has 0 fully saturated rings. The van der Waals surface area contributed by atoms with Crippen LogP contribution >= 0.6 is 0 Å². The van der Waals surface area contributed by atoms with E-state index in [1.165, 1.54) is 13.2 Å². The molecule has 0 unspecified atom stereocenters. The van der Waals surface area contributed by atoms with Gasteiger partial charge in [0.2, 0.25) is 0 Å². The van der Waals surface area contributed by atoms with Gasteiger partial charge in [0, 0.05) is 6.07 Å². The first kappa shape index (κ1) is 10.3. The minimum absolute atomic E-state index is 0.0748. The number of ether oxygens (including phenoxy) is 1. The van der Waals surface area contributed by atoms with Crippen molar-refractivity contribution in [3.8, 4) is 6.07 Å². The van der Waals surface area contributed by atoms with Crippen LogP contribution < -0.4 is 0 Å². The minimum atomic E-state index is -0.792. The summed E-state index contributed by atoms with van der Waals surface area (Å²) < 4.78 is 9.32. The van der Waals surface area contributed by atoms with E-state index in [-0.39, 0.29) is 5.69 Å². The van der Waals surface area contributed by atoms with Crippen molar-refractivity contribution in [1.82, 2.24) is 5.16 Å². The lowest BCUT2D eigenvalue weighted by molar-refractivity contribution is 0.0589. The van der Waals surface area contributed by atoms with E-state index in [1.54, 1.807) is 13.8 Å². The summed E-state index contributed by atoms with van der Waals surface area (Å²) >= 11 is 0. The van der Waals surface area contributed by atoms with Crippen molar-refractivity contribution in [3.05, 3.63) is 17.5 Å². The Hall–Kier alpha value is -1.83. The lowest BCUT2D eigenvalue weighted by Crippen LogP contribution is -2.12. The lowest BCUT2D eigenvalue weighted by atomic mass is 9.92. The van der Waals surface area contributed by atoms with E-state index in [1.807, 2.05) is 6.07 Å². The highest BCUT2D eigenvalue weighted by Crippen LogP contribution is 2.22. The van der Waals surface area contributed by atoms with Gasteiger partial charge in [-0.15, -0.1) is 0 Å². The smallest absolute Gasteiger partial charge is 0.360 e. The molecule has 0 aliphatic carbocycles. The average molecular weight is 194 g/mol. The van der Waals surface area contributed by atoms with E-state index in [4.69, 9.17) is 9.78 Å². The van der Waals surface area contributed by atoms with Gasteiger partial charge < -0.3 is 9.26 Å². The second kappa shape index (κ2) is 3.50. The van der Waals surface area contributed by atoms with Gasteiger partial charge in [-0.25, -0.2) is 4.79 Å². The Kier molecular flexibility index (Phi) is 2.56. The monoisotopic (exact) mass is 194 g/mol. The van der Waals surface area contributed by atoms with Crippen LogP contribution in [0.4, 0.5) is 0 Å². The normalized spacial score (nSPS) is 10.7. The maximum Gasteiger partial charge on any atom is 0.360 e. The van der Waals surface area contributed by atoms with E-state index < -0.39 is 11.4 Å². The first-order chi connectivity index (χ1) is 6.51. The summed E-state index contributed by atoms with van der Waals surface area (Å²) in [5, 5.41) is 12.3. The molecule has 0 saturated heterocycles. The second-order valence-electron chi connectivity index (χ2n) is 3.30. The third-order valence-electron chi connectivity index (χ3n) is 1.80. The highest BCUT2D eigenvalue weighted by Gasteiger charge is 2.26. The summed E-state index contributed by atoms with van der Waals surface area (Å²) in [5.74, 6) is -0.228. The molecule has 1 heterocycles. The molecule has 0 spiro atoms. The summed E-state index contributed by atoms with van der Waals surface area (Å²) in [7, 11) is 1.26. The van der Waals surface area contributed by atoms with Crippen molar-refractivity contribution < 1.29 is 14.1 Å². The van der Waals surface area contributed by atoms with E-state index >= 15 is 0 Å². The molecule has 14 heavy (non-hydrogen) atoms. The molecule has 0 N–H and O–H groups in total. The molecule has 0 saturated carbocycles. The van der Waals surface area contributed by atoms with Crippen molar-refractivity contribution in [1.29, 1.82) is 5.26 Å². The van der Waals surface area contributed by atoms with Crippen molar-refractivity contribution in [2.24, 2.45) is 0 Å².